The topological polar surface area (TPSA) is 27.0 Å². The predicted octanol–water partition coefficient (Wildman–Crippen LogP) is 2.35. The maximum absolute atomic E-state index is 8.99. The van der Waals surface area contributed by atoms with Crippen LogP contribution in [0.5, 0.6) is 0 Å². The highest BCUT2D eigenvalue weighted by molar-refractivity contribution is 7.98. The van der Waals surface area contributed by atoms with Crippen molar-refractivity contribution in [3.63, 3.8) is 0 Å². The molecule has 0 saturated carbocycles. The van der Waals surface area contributed by atoms with Gasteiger partial charge in [0.1, 0.15) is 6.07 Å². The van der Waals surface area contributed by atoms with Gasteiger partial charge < -0.3 is 4.90 Å². The SMILES string of the molecule is CSc1cccc(N(C)C)c1C#N. The smallest absolute Gasteiger partial charge is 0.102 e. The summed E-state index contributed by atoms with van der Waals surface area (Å²) in [5, 5.41) is 8.99. The van der Waals surface area contributed by atoms with Gasteiger partial charge in [-0.15, -0.1) is 11.8 Å². The van der Waals surface area contributed by atoms with E-state index in [1.807, 2.05) is 43.5 Å². The molecule has 0 radical (unpaired) electrons. The molecule has 0 aliphatic heterocycles. The highest BCUT2D eigenvalue weighted by Gasteiger charge is 2.07. The second-order valence-electron chi connectivity index (χ2n) is 2.86. The van der Waals surface area contributed by atoms with Gasteiger partial charge in [0.15, 0.2) is 0 Å². The van der Waals surface area contributed by atoms with E-state index in [9.17, 15) is 0 Å². The average molecular weight is 192 g/mol. The first-order chi connectivity index (χ1) is 6.20. The maximum Gasteiger partial charge on any atom is 0.102 e. The van der Waals surface area contributed by atoms with E-state index >= 15 is 0 Å². The number of benzene rings is 1. The van der Waals surface area contributed by atoms with Crippen LogP contribution in [0.4, 0.5) is 5.69 Å². The third kappa shape index (κ3) is 1.96. The minimum absolute atomic E-state index is 0.764. The number of anilines is 1. The zero-order valence-corrected chi connectivity index (χ0v) is 8.85. The maximum atomic E-state index is 8.99. The van der Waals surface area contributed by atoms with Crippen molar-refractivity contribution < 1.29 is 0 Å². The molecule has 68 valence electrons. The molecule has 13 heavy (non-hydrogen) atoms. The fourth-order valence-electron chi connectivity index (χ4n) is 1.17. The van der Waals surface area contributed by atoms with Crippen LogP contribution in [-0.4, -0.2) is 20.4 Å². The summed E-state index contributed by atoms with van der Waals surface area (Å²) in [5.41, 5.74) is 1.74. The molecule has 1 aromatic rings. The van der Waals surface area contributed by atoms with Crippen molar-refractivity contribution in [3.05, 3.63) is 23.8 Å². The Hall–Kier alpha value is -1.14. The van der Waals surface area contributed by atoms with Gasteiger partial charge in [-0.1, -0.05) is 6.07 Å². The fourth-order valence-corrected chi connectivity index (χ4v) is 1.74. The number of hydrogen-bond donors (Lipinski definition) is 0. The molecule has 1 rings (SSSR count). The molecule has 0 spiro atoms. The lowest BCUT2D eigenvalue weighted by atomic mass is 10.2. The normalized spacial score (nSPS) is 9.38. The lowest BCUT2D eigenvalue weighted by Crippen LogP contribution is -2.10. The molecule has 0 bridgehead atoms. The minimum atomic E-state index is 0.764. The highest BCUT2D eigenvalue weighted by Crippen LogP contribution is 2.27. The average Bonchev–Trinajstić information content (AvgIpc) is 2.16. The monoisotopic (exact) mass is 192 g/mol. The fraction of sp³-hybridized carbons (Fsp3) is 0.300. The molecule has 0 aromatic heterocycles. The van der Waals surface area contributed by atoms with Crippen LogP contribution >= 0.6 is 11.8 Å². The second kappa shape index (κ2) is 4.20. The van der Waals surface area contributed by atoms with Crippen molar-refractivity contribution >= 4 is 17.4 Å². The van der Waals surface area contributed by atoms with Crippen molar-refractivity contribution in [3.8, 4) is 6.07 Å². The molecule has 2 nitrogen and oxygen atoms in total. The van der Waals surface area contributed by atoms with Crippen LogP contribution in [0.3, 0.4) is 0 Å². The molecule has 1 aromatic carbocycles. The van der Waals surface area contributed by atoms with Gasteiger partial charge in [0, 0.05) is 19.0 Å². The number of nitrogens with zero attached hydrogens (tertiary/aromatic N) is 2. The summed E-state index contributed by atoms with van der Waals surface area (Å²) in [6, 6.07) is 8.13. The van der Waals surface area contributed by atoms with Crippen molar-refractivity contribution in [1.82, 2.24) is 0 Å². The number of hydrogen-bond acceptors (Lipinski definition) is 3. The van der Waals surface area contributed by atoms with Gasteiger partial charge in [0.2, 0.25) is 0 Å². The molecule has 3 heteroatoms. The molecule has 0 N–H and O–H groups in total. The Kier molecular flexibility index (Phi) is 3.21. The minimum Gasteiger partial charge on any atom is -0.377 e. The van der Waals surface area contributed by atoms with Gasteiger partial charge >= 0.3 is 0 Å². The van der Waals surface area contributed by atoms with Crippen molar-refractivity contribution in [2.45, 2.75) is 4.90 Å². The highest BCUT2D eigenvalue weighted by atomic mass is 32.2. The summed E-state index contributed by atoms with van der Waals surface area (Å²) in [6.45, 7) is 0. The third-order valence-corrected chi connectivity index (χ3v) is 2.60. The Balaban J connectivity index is 3.29. The van der Waals surface area contributed by atoms with Gasteiger partial charge in [0.25, 0.3) is 0 Å². The van der Waals surface area contributed by atoms with Gasteiger partial charge in [-0.3, -0.25) is 0 Å². The van der Waals surface area contributed by atoms with Crippen molar-refractivity contribution in [2.24, 2.45) is 0 Å². The van der Waals surface area contributed by atoms with E-state index in [0.717, 1.165) is 16.1 Å². The van der Waals surface area contributed by atoms with Crippen LogP contribution in [0.15, 0.2) is 23.1 Å². The standard InChI is InChI=1S/C10H12N2S/c1-12(2)9-5-4-6-10(13-3)8(9)7-11/h4-6H,1-3H3. The molecule has 0 atom stereocenters. The van der Waals surface area contributed by atoms with Gasteiger partial charge in [-0.25, -0.2) is 0 Å². The van der Waals surface area contributed by atoms with Crippen LogP contribution in [0.25, 0.3) is 0 Å². The Morgan fingerprint density at radius 2 is 2.08 bits per heavy atom. The molecule has 0 aliphatic rings. The summed E-state index contributed by atoms with van der Waals surface area (Å²) < 4.78 is 0. The Morgan fingerprint density at radius 1 is 1.38 bits per heavy atom. The second-order valence-corrected chi connectivity index (χ2v) is 3.71. The number of nitriles is 1. The van der Waals surface area contributed by atoms with Crippen LogP contribution in [0.2, 0.25) is 0 Å². The first-order valence-corrected chi connectivity index (χ1v) is 5.17. The molecule has 0 fully saturated rings. The number of thioether (sulfide) groups is 1. The third-order valence-electron chi connectivity index (χ3n) is 1.82. The molecular weight excluding hydrogens is 180 g/mol. The Labute approximate surface area is 83.2 Å². The van der Waals surface area contributed by atoms with E-state index in [1.54, 1.807) is 11.8 Å². The molecule has 0 heterocycles. The van der Waals surface area contributed by atoms with Crippen molar-refractivity contribution in [2.75, 3.05) is 25.3 Å². The lowest BCUT2D eigenvalue weighted by Gasteiger charge is -2.15. The van der Waals surface area contributed by atoms with Crippen molar-refractivity contribution in [1.29, 1.82) is 5.26 Å². The predicted molar refractivity (Wildman–Crippen MR) is 57.3 cm³/mol. The van der Waals surface area contributed by atoms with E-state index in [-0.39, 0.29) is 0 Å². The van der Waals surface area contributed by atoms with Crippen LogP contribution in [-0.2, 0) is 0 Å². The summed E-state index contributed by atoms with van der Waals surface area (Å²) >= 11 is 1.60. The molecular formula is C10H12N2S. The van der Waals surface area contributed by atoms with Gasteiger partial charge in [0.05, 0.1) is 11.3 Å². The van der Waals surface area contributed by atoms with Crippen LogP contribution in [0.1, 0.15) is 5.56 Å². The lowest BCUT2D eigenvalue weighted by molar-refractivity contribution is 1.11. The largest absolute Gasteiger partial charge is 0.377 e. The summed E-state index contributed by atoms with van der Waals surface area (Å²) in [5.74, 6) is 0. The molecule has 0 unspecified atom stereocenters. The zero-order valence-electron chi connectivity index (χ0n) is 8.03. The summed E-state index contributed by atoms with van der Waals surface area (Å²) in [4.78, 5) is 2.99. The zero-order chi connectivity index (χ0) is 9.84. The Morgan fingerprint density at radius 3 is 2.54 bits per heavy atom. The van der Waals surface area contributed by atoms with E-state index < -0.39 is 0 Å². The van der Waals surface area contributed by atoms with E-state index in [4.69, 9.17) is 5.26 Å². The number of rotatable bonds is 2. The first kappa shape index (κ1) is 9.94. The van der Waals surface area contributed by atoms with E-state index in [1.165, 1.54) is 0 Å². The molecule has 0 saturated heterocycles. The van der Waals surface area contributed by atoms with E-state index in [0.29, 0.717) is 0 Å². The van der Waals surface area contributed by atoms with E-state index in [2.05, 4.69) is 6.07 Å². The molecule has 0 aliphatic carbocycles. The van der Waals surface area contributed by atoms with Crippen LogP contribution in [0, 0.1) is 11.3 Å². The first-order valence-electron chi connectivity index (χ1n) is 3.95. The molecule has 0 amide bonds. The summed E-state index contributed by atoms with van der Waals surface area (Å²) in [6.07, 6.45) is 1.98. The quantitative estimate of drug-likeness (QED) is 0.673. The van der Waals surface area contributed by atoms with Gasteiger partial charge in [-0.2, -0.15) is 5.26 Å². The summed E-state index contributed by atoms with van der Waals surface area (Å²) in [7, 11) is 3.89. The van der Waals surface area contributed by atoms with Crippen LogP contribution < -0.4 is 4.90 Å². The van der Waals surface area contributed by atoms with Gasteiger partial charge in [-0.05, 0) is 18.4 Å². The Bertz CT molecular complexity index is 339.